The average molecular weight is 446 g/mol. The van der Waals surface area contributed by atoms with Crippen molar-refractivity contribution >= 4 is 36.0 Å². The third-order valence-corrected chi connectivity index (χ3v) is 5.28. The van der Waals surface area contributed by atoms with Gasteiger partial charge in [0.15, 0.2) is 0 Å². The summed E-state index contributed by atoms with van der Waals surface area (Å²) in [5.41, 5.74) is -0.364. The number of hydrogen-bond acceptors (Lipinski definition) is 7. The van der Waals surface area contributed by atoms with Gasteiger partial charge in [0.2, 0.25) is 0 Å². The van der Waals surface area contributed by atoms with Gasteiger partial charge in [-0.3, -0.25) is 10.1 Å². The second-order valence-electron chi connectivity index (χ2n) is 5.67. The molecule has 9 heteroatoms. The number of nitro groups is 1. The molecule has 156 valence electrons. The number of carbonyl (C=O) groups is 1. The Morgan fingerprint density at radius 3 is 2.10 bits per heavy atom. The average Bonchev–Trinajstić information content (AvgIpc) is 2.75. The topological polar surface area (TPSA) is 98.9 Å². The predicted molar refractivity (Wildman–Crippen MR) is 117 cm³/mol. The Morgan fingerprint density at radius 2 is 1.57 bits per heavy atom. The Morgan fingerprint density at radius 1 is 0.967 bits per heavy atom. The number of methoxy groups -OCH3 is 2. The van der Waals surface area contributed by atoms with E-state index in [4.69, 9.17) is 9.47 Å². The number of carboxylic acids is 1. The summed E-state index contributed by atoms with van der Waals surface area (Å²) < 4.78 is 10.2. The number of rotatable bonds is 6. The summed E-state index contributed by atoms with van der Waals surface area (Å²) in [5.74, 6) is 0.217. The van der Waals surface area contributed by atoms with E-state index in [2.05, 4.69) is 12.6 Å². The van der Waals surface area contributed by atoms with Crippen molar-refractivity contribution in [1.29, 1.82) is 0 Å². The lowest BCUT2D eigenvalue weighted by molar-refractivity contribution is -0.384. The SMILES string of the molecule is COc1ccccc1S.COc1ccccc1Sc1ccc([N+](=O)[O-])cc1C(=O)O. The minimum absolute atomic E-state index is 0.111. The molecule has 0 atom stereocenters. The molecule has 0 fully saturated rings. The number of carboxylic acid groups (broad SMARTS) is 1. The van der Waals surface area contributed by atoms with Gasteiger partial charge < -0.3 is 14.6 Å². The van der Waals surface area contributed by atoms with Crippen molar-refractivity contribution in [2.24, 2.45) is 0 Å². The molecule has 0 saturated heterocycles. The highest BCUT2D eigenvalue weighted by Gasteiger charge is 2.17. The summed E-state index contributed by atoms with van der Waals surface area (Å²) in [6, 6.07) is 18.5. The maximum Gasteiger partial charge on any atom is 0.337 e. The van der Waals surface area contributed by atoms with Gasteiger partial charge >= 0.3 is 5.97 Å². The molecule has 0 aliphatic rings. The molecule has 3 aromatic rings. The normalized spacial score (nSPS) is 9.83. The van der Waals surface area contributed by atoms with E-state index < -0.39 is 10.9 Å². The van der Waals surface area contributed by atoms with Crippen LogP contribution >= 0.6 is 24.4 Å². The van der Waals surface area contributed by atoms with Crippen LogP contribution in [0.15, 0.2) is 81.4 Å². The van der Waals surface area contributed by atoms with Gasteiger partial charge in [0, 0.05) is 21.9 Å². The number of non-ortho nitro benzene ring substituents is 1. The zero-order valence-corrected chi connectivity index (χ0v) is 17.9. The summed E-state index contributed by atoms with van der Waals surface area (Å²) in [5, 5.41) is 19.9. The van der Waals surface area contributed by atoms with Crippen LogP contribution in [0, 0.1) is 10.1 Å². The van der Waals surface area contributed by atoms with Crippen LogP contribution in [0.5, 0.6) is 11.5 Å². The van der Waals surface area contributed by atoms with Gasteiger partial charge in [-0.1, -0.05) is 36.0 Å². The summed E-state index contributed by atoms with van der Waals surface area (Å²) in [6.45, 7) is 0. The number of aromatic carboxylic acids is 1. The first-order valence-corrected chi connectivity index (χ1v) is 9.78. The molecule has 0 bridgehead atoms. The van der Waals surface area contributed by atoms with Crippen LogP contribution in [0.3, 0.4) is 0 Å². The molecule has 0 unspecified atom stereocenters. The highest BCUT2D eigenvalue weighted by molar-refractivity contribution is 7.99. The number of ether oxygens (including phenoxy) is 2. The second kappa shape index (κ2) is 11.1. The van der Waals surface area contributed by atoms with Gasteiger partial charge in [0.25, 0.3) is 5.69 Å². The minimum atomic E-state index is -1.21. The number of hydrogen-bond donors (Lipinski definition) is 2. The first-order chi connectivity index (χ1) is 14.4. The number of nitrogens with zero attached hydrogens (tertiary/aromatic N) is 1. The second-order valence-corrected chi connectivity index (χ2v) is 7.23. The summed E-state index contributed by atoms with van der Waals surface area (Å²) >= 11 is 5.34. The minimum Gasteiger partial charge on any atom is -0.496 e. The molecule has 0 heterocycles. The van der Waals surface area contributed by atoms with Crippen molar-refractivity contribution in [2.45, 2.75) is 14.7 Å². The molecule has 0 aliphatic carbocycles. The van der Waals surface area contributed by atoms with Gasteiger partial charge in [0.05, 0.1) is 29.6 Å². The van der Waals surface area contributed by atoms with E-state index in [9.17, 15) is 20.0 Å². The molecule has 0 radical (unpaired) electrons. The molecule has 3 rings (SSSR count). The number of para-hydroxylation sites is 2. The van der Waals surface area contributed by atoms with Crippen LogP contribution in [0.25, 0.3) is 0 Å². The molecule has 1 N–H and O–H groups in total. The molecule has 0 aliphatic heterocycles. The van der Waals surface area contributed by atoms with E-state index >= 15 is 0 Å². The monoisotopic (exact) mass is 445 g/mol. The van der Waals surface area contributed by atoms with Crippen molar-refractivity contribution in [3.8, 4) is 11.5 Å². The first-order valence-electron chi connectivity index (χ1n) is 8.52. The lowest BCUT2D eigenvalue weighted by Crippen LogP contribution is -2.00. The van der Waals surface area contributed by atoms with Crippen LogP contribution in [0.2, 0.25) is 0 Å². The van der Waals surface area contributed by atoms with Crippen LogP contribution in [-0.2, 0) is 0 Å². The molecular weight excluding hydrogens is 426 g/mol. The van der Waals surface area contributed by atoms with Crippen molar-refractivity contribution in [2.75, 3.05) is 14.2 Å². The smallest absolute Gasteiger partial charge is 0.337 e. The maximum atomic E-state index is 11.3. The molecule has 30 heavy (non-hydrogen) atoms. The van der Waals surface area contributed by atoms with Gasteiger partial charge in [0.1, 0.15) is 11.5 Å². The Kier molecular flexibility index (Phi) is 8.57. The zero-order chi connectivity index (χ0) is 22.1. The van der Waals surface area contributed by atoms with Crippen LogP contribution in [0.1, 0.15) is 10.4 Å². The predicted octanol–water partition coefficient (Wildman–Crippen LogP) is 5.44. The number of benzene rings is 3. The summed E-state index contributed by atoms with van der Waals surface area (Å²) in [4.78, 5) is 23.4. The largest absolute Gasteiger partial charge is 0.496 e. The summed E-state index contributed by atoms with van der Waals surface area (Å²) in [6.07, 6.45) is 0. The van der Waals surface area contributed by atoms with Crippen molar-refractivity contribution in [3.63, 3.8) is 0 Å². The Hall–Kier alpha value is -3.17. The highest BCUT2D eigenvalue weighted by atomic mass is 32.2. The third-order valence-electron chi connectivity index (χ3n) is 3.78. The quantitative estimate of drug-likeness (QED) is 0.296. The molecule has 0 saturated carbocycles. The van der Waals surface area contributed by atoms with E-state index in [1.54, 1.807) is 31.4 Å². The fraction of sp³-hybridized carbons (Fsp3) is 0.0952. The number of thiol groups is 1. The van der Waals surface area contributed by atoms with Crippen molar-refractivity contribution in [1.82, 2.24) is 0 Å². The fourth-order valence-corrected chi connectivity index (χ4v) is 3.62. The lowest BCUT2D eigenvalue weighted by Gasteiger charge is -2.09. The maximum absolute atomic E-state index is 11.3. The Balaban J connectivity index is 0.000000297. The van der Waals surface area contributed by atoms with Gasteiger partial charge in [-0.25, -0.2) is 4.79 Å². The molecule has 7 nitrogen and oxygen atoms in total. The summed E-state index contributed by atoms with van der Waals surface area (Å²) in [7, 11) is 3.16. The van der Waals surface area contributed by atoms with Gasteiger partial charge in [-0.05, 0) is 30.3 Å². The lowest BCUT2D eigenvalue weighted by atomic mass is 10.2. The van der Waals surface area contributed by atoms with Crippen LogP contribution in [-0.4, -0.2) is 30.2 Å². The Labute approximate surface area is 183 Å². The first kappa shape index (κ1) is 23.1. The highest BCUT2D eigenvalue weighted by Crippen LogP contribution is 2.37. The number of nitro benzene ring substituents is 1. The van der Waals surface area contributed by atoms with Gasteiger partial charge in [-0.2, -0.15) is 0 Å². The van der Waals surface area contributed by atoms with Crippen LogP contribution in [0.4, 0.5) is 5.69 Å². The van der Waals surface area contributed by atoms with E-state index in [0.29, 0.717) is 10.6 Å². The molecule has 0 amide bonds. The van der Waals surface area contributed by atoms with Crippen LogP contribution < -0.4 is 9.47 Å². The van der Waals surface area contributed by atoms with Crippen molar-refractivity contribution in [3.05, 3.63) is 82.4 Å². The van der Waals surface area contributed by atoms with E-state index in [-0.39, 0.29) is 11.3 Å². The van der Waals surface area contributed by atoms with Gasteiger partial charge in [-0.15, -0.1) is 12.6 Å². The van der Waals surface area contributed by atoms with E-state index in [1.807, 2.05) is 24.3 Å². The molecular formula is C21H19NO6S2. The standard InChI is InChI=1S/C14H11NO5S.C7H8OS/c1-20-11-4-2-3-5-13(11)21-12-7-6-9(15(18)19)8-10(12)14(16)17;1-8-6-4-2-3-5-7(6)9/h2-8H,1H3,(H,16,17);2-5,9H,1H3. The third kappa shape index (κ3) is 6.16. The fourth-order valence-electron chi connectivity index (χ4n) is 2.34. The van der Waals surface area contributed by atoms with E-state index in [1.165, 1.54) is 31.0 Å². The molecule has 3 aromatic carbocycles. The van der Waals surface area contributed by atoms with Crippen molar-refractivity contribution < 1.29 is 24.3 Å². The molecule has 0 spiro atoms. The molecule has 0 aromatic heterocycles. The zero-order valence-electron chi connectivity index (χ0n) is 16.1. The van der Waals surface area contributed by atoms with E-state index in [0.717, 1.165) is 21.6 Å². The Bertz CT molecular complexity index is 1040.